The van der Waals surface area contributed by atoms with Crippen molar-refractivity contribution in [1.29, 1.82) is 0 Å². The molecule has 34 heavy (non-hydrogen) atoms. The normalized spacial score (nSPS) is 22.3. The van der Waals surface area contributed by atoms with Gasteiger partial charge in [0.05, 0.1) is 12.0 Å². The number of rotatable bonds is 4. The maximum Gasteiger partial charge on any atom is 0.229 e. The Hall–Kier alpha value is -2.04. The van der Waals surface area contributed by atoms with Crippen molar-refractivity contribution in [3.8, 4) is 5.75 Å². The summed E-state index contributed by atoms with van der Waals surface area (Å²) in [6.07, 6.45) is 12.6. The van der Waals surface area contributed by atoms with Crippen LogP contribution in [0, 0.1) is 11.3 Å². The Kier molecular flexibility index (Phi) is 8.55. The Labute approximate surface area is 206 Å². The van der Waals surface area contributed by atoms with Gasteiger partial charge in [-0.25, -0.2) is 0 Å². The quantitative estimate of drug-likeness (QED) is 0.577. The first-order valence-corrected chi connectivity index (χ1v) is 13.8. The van der Waals surface area contributed by atoms with E-state index in [-0.39, 0.29) is 17.4 Å². The second-order valence-electron chi connectivity index (χ2n) is 11.1. The van der Waals surface area contributed by atoms with Crippen molar-refractivity contribution in [2.75, 3.05) is 26.2 Å². The number of nitrogens with zero attached hydrogens (tertiary/aromatic N) is 2. The van der Waals surface area contributed by atoms with E-state index in [1.54, 1.807) is 0 Å². The first kappa shape index (κ1) is 25.1. The highest BCUT2D eigenvalue weighted by atomic mass is 16.5. The van der Waals surface area contributed by atoms with Crippen molar-refractivity contribution in [3.63, 3.8) is 0 Å². The van der Waals surface area contributed by atoms with Gasteiger partial charge in [0.2, 0.25) is 11.8 Å². The molecule has 0 aromatic heterocycles. The van der Waals surface area contributed by atoms with E-state index in [0.29, 0.717) is 25.5 Å². The predicted octanol–water partition coefficient (Wildman–Crippen LogP) is 5.61. The number of aryl methyl sites for hydroxylation is 1. The minimum absolute atomic E-state index is 0.136. The van der Waals surface area contributed by atoms with Gasteiger partial charge < -0.3 is 14.5 Å². The Bertz CT molecular complexity index is 822. The fourth-order valence-corrected chi connectivity index (χ4v) is 6.32. The maximum atomic E-state index is 14.0. The minimum Gasteiger partial charge on any atom is -0.491 e. The number of ether oxygens (including phenoxy) is 1. The van der Waals surface area contributed by atoms with Gasteiger partial charge in [0.1, 0.15) is 12.4 Å². The molecule has 3 aliphatic rings. The summed E-state index contributed by atoms with van der Waals surface area (Å²) in [6, 6.07) is 8.45. The van der Waals surface area contributed by atoms with E-state index >= 15 is 0 Å². The highest BCUT2D eigenvalue weighted by Gasteiger charge is 2.44. The SMILES string of the molecule is CC(C)N1CCOc2ccccc2CCCCC2(CCN(C(=O)CCC3CCCC3)CC2)C1=O. The van der Waals surface area contributed by atoms with E-state index in [9.17, 15) is 9.59 Å². The monoisotopic (exact) mass is 468 g/mol. The van der Waals surface area contributed by atoms with Crippen LogP contribution < -0.4 is 4.74 Å². The third-order valence-electron chi connectivity index (χ3n) is 8.57. The number of hydrogen-bond donors (Lipinski definition) is 0. The summed E-state index contributed by atoms with van der Waals surface area (Å²) in [5, 5.41) is 0. The Morgan fingerprint density at radius 2 is 1.76 bits per heavy atom. The summed E-state index contributed by atoms with van der Waals surface area (Å²) in [4.78, 5) is 31.0. The van der Waals surface area contributed by atoms with Crippen LogP contribution >= 0.6 is 0 Å². The molecule has 188 valence electrons. The number of piperidine rings is 1. The van der Waals surface area contributed by atoms with Crippen molar-refractivity contribution < 1.29 is 14.3 Å². The van der Waals surface area contributed by atoms with Gasteiger partial charge in [-0.2, -0.15) is 0 Å². The van der Waals surface area contributed by atoms with Gasteiger partial charge in [-0.1, -0.05) is 50.3 Å². The number of amides is 2. The molecular formula is C29H44N2O3. The van der Waals surface area contributed by atoms with Crippen molar-refractivity contribution in [2.45, 2.75) is 96.9 Å². The average molecular weight is 469 g/mol. The van der Waals surface area contributed by atoms with E-state index in [2.05, 4.69) is 26.0 Å². The molecular weight excluding hydrogens is 424 g/mol. The maximum absolute atomic E-state index is 14.0. The number of carbonyl (C=O) groups excluding carboxylic acids is 2. The first-order valence-electron chi connectivity index (χ1n) is 13.8. The average Bonchev–Trinajstić information content (AvgIpc) is 3.36. The van der Waals surface area contributed by atoms with Crippen LogP contribution in [0.25, 0.3) is 0 Å². The second kappa shape index (κ2) is 11.6. The van der Waals surface area contributed by atoms with Crippen molar-refractivity contribution in [2.24, 2.45) is 11.3 Å². The molecule has 2 aliphatic heterocycles. The highest BCUT2D eigenvalue weighted by molar-refractivity contribution is 5.84. The van der Waals surface area contributed by atoms with Crippen molar-refractivity contribution in [1.82, 2.24) is 9.80 Å². The number of hydrogen-bond acceptors (Lipinski definition) is 3. The minimum atomic E-state index is -0.342. The molecule has 1 aliphatic carbocycles. The molecule has 0 N–H and O–H groups in total. The lowest BCUT2D eigenvalue weighted by Gasteiger charge is -2.44. The molecule has 0 unspecified atom stereocenters. The van der Waals surface area contributed by atoms with Crippen LogP contribution in [0.1, 0.15) is 90.0 Å². The molecule has 2 heterocycles. The smallest absolute Gasteiger partial charge is 0.229 e. The predicted molar refractivity (Wildman–Crippen MR) is 136 cm³/mol. The zero-order valence-electron chi connectivity index (χ0n) is 21.4. The van der Waals surface area contributed by atoms with Crippen LogP contribution in [0.15, 0.2) is 24.3 Å². The summed E-state index contributed by atoms with van der Waals surface area (Å²) >= 11 is 0. The molecule has 1 aromatic rings. The van der Waals surface area contributed by atoms with Crippen LogP contribution in [-0.2, 0) is 16.0 Å². The van der Waals surface area contributed by atoms with Crippen LogP contribution in [-0.4, -0.2) is 53.9 Å². The van der Waals surface area contributed by atoms with E-state index in [0.717, 1.165) is 69.7 Å². The Morgan fingerprint density at radius 1 is 1.03 bits per heavy atom. The molecule has 1 aromatic carbocycles. The summed E-state index contributed by atoms with van der Waals surface area (Å²) < 4.78 is 6.14. The molecule has 0 bridgehead atoms. The third kappa shape index (κ3) is 5.95. The van der Waals surface area contributed by atoms with E-state index in [1.165, 1.54) is 31.2 Å². The summed E-state index contributed by atoms with van der Waals surface area (Å²) in [7, 11) is 0. The van der Waals surface area contributed by atoms with Gasteiger partial charge in [-0.05, 0) is 69.9 Å². The summed E-state index contributed by atoms with van der Waals surface area (Å²) in [5.74, 6) is 2.28. The summed E-state index contributed by atoms with van der Waals surface area (Å²) in [5.41, 5.74) is 0.924. The zero-order chi connectivity index (χ0) is 24.0. The number of benzene rings is 1. The molecule has 1 spiro atoms. The standard InChI is InChI=1S/C29H44N2O3/c1-23(2)31-21-22-34-26-13-6-5-11-25(26)12-7-8-16-29(28(31)33)17-19-30(20-18-29)27(32)15-14-24-9-3-4-10-24/h5-6,11,13,23-24H,3-4,7-10,12,14-22H2,1-2H3. The molecule has 5 nitrogen and oxygen atoms in total. The van der Waals surface area contributed by atoms with Crippen LogP contribution in [0.3, 0.4) is 0 Å². The molecule has 2 amide bonds. The van der Waals surface area contributed by atoms with Gasteiger partial charge in [-0.15, -0.1) is 0 Å². The lowest BCUT2D eigenvalue weighted by Crippen LogP contribution is -2.53. The van der Waals surface area contributed by atoms with E-state index < -0.39 is 0 Å². The van der Waals surface area contributed by atoms with Gasteiger partial charge >= 0.3 is 0 Å². The topological polar surface area (TPSA) is 49.9 Å². The fourth-order valence-electron chi connectivity index (χ4n) is 6.32. The first-order chi connectivity index (χ1) is 16.5. The molecule has 1 saturated carbocycles. The van der Waals surface area contributed by atoms with Crippen LogP contribution in [0.2, 0.25) is 0 Å². The number of fused-ring (bicyclic) bond motifs is 1. The van der Waals surface area contributed by atoms with Crippen molar-refractivity contribution >= 4 is 11.8 Å². The Balaban J connectivity index is 1.42. The summed E-state index contributed by atoms with van der Waals surface area (Å²) in [6.45, 7) is 6.78. The molecule has 0 atom stereocenters. The lowest BCUT2D eigenvalue weighted by atomic mass is 9.72. The number of likely N-dealkylation sites (tertiary alicyclic amines) is 1. The van der Waals surface area contributed by atoms with Crippen molar-refractivity contribution in [3.05, 3.63) is 29.8 Å². The second-order valence-corrected chi connectivity index (χ2v) is 11.1. The van der Waals surface area contributed by atoms with E-state index in [1.807, 2.05) is 21.9 Å². The number of carbonyl (C=O) groups is 2. The molecule has 4 rings (SSSR count). The molecule has 5 heteroatoms. The van der Waals surface area contributed by atoms with Gasteiger partial charge in [0.15, 0.2) is 0 Å². The fraction of sp³-hybridized carbons (Fsp3) is 0.724. The van der Waals surface area contributed by atoms with Crippen LogP contribution in [0.5, 0.6) is 5.75 Å². The van der Waals surface area contributed by atoms with Gasteiger partial charge in [0.25, 0.3) is 0 Å². The highest BCUT2D eigenvalue weighted by Crippen LogP contribution is 2.40. The third-order valence-corrected chi connectivity index (χ3v) is 8.57. The van der Waals surface area contributed by atoms with Gasteiger partial charge in [0, 0.05) is 25.6 Å². The van der Waals surface area contributed by atoms with Crippen LogP contribution in [0.4, 0.5) is 0 Å². The lowest BCUT2D eigenvalue weighted by molar-refractivity contribution is -0.151. The molecule has 2 fully saturated rings. The van der Waals surface area contributed by atoms with Gasteiger partial charge in [-0.3, -0.25) is 9.59 Å². The molecule has 1 saturated heterocycles. The largest absolute Gasteiger partial charge is 0.491 e. The van der Waals surface area contributed by atoms with E-state index in [4.69, 9.17) is 4.74 Å². The zero-order valence-corrected chi connectivity index (χ0v) is 21.4. The number of para-hydroxylation sites is 1. The Morgan fingerprint density at radius 3 is 2.50 bits per heavy atom. The molecule has 0 radical (unpaired) electrons.